The molecule has 1 atom stereocenters. The van der Waals surface area contributed by atoms with Crippen LogP contribution in [0.3, 0.4) is 0 Å². The first-order chi connectivity index (χ1) is 7.88. The van der Waals surface area contributed by atoms with Crippen molar-refractivity contribution in [1.29, 1.82) is 0 Å². The number of hydrogen-bond acceptors (Lipinski definition) is 3. The van der Waals surface area contributed by atoms with Crippen molar-refractivity contribution in [3.63, 3.8) is 0 Å². The molecule has 0 aliphatic carbocycles. The van der Waals surface area contributed by atoms with E-state index in [9.17, 15) is 0 Å². The van der Waals surface area contributed by atoms with Crippen molar-refractivity contribution < 1.29 is 4.74 Å². The molecule has 1 fully saturated rings. The van der Waals surface area contributed by atoms with Gasteiger partial charge in [0.25, 0.3) is 0 Å². The van der Waals surface area contributed by atoms with E-state index in [0.717, 1.165) is 19.7 Å². The molecule has 16 heavy (non-hydrogen) atoms. The second-order valence-electron chi connectivity index (χ2n) is 4.56. The summed E-state index contributed by atoms with van der Waals surface area (Å²) >= 11 is 0. The quantitative estimate of drug-likeness (QED) is 0.775. The summed E-state index contributed by atoms with van der Waals surface area (Å²) < 4.78 is 5.24. The van der Waals surface area contributed by atoms with Gasteiger partial charge in [0.1, 0.15) is 0 Å². The molecule has 0 unspecified atom stereocenters. The monoisotopic (exact) mass is 220 g/mol. The summed E-state index contributed by atoms with van der Waals surface area (Å²) in [6.45, 7) is 4.27. The van der Waals surface area contributed by atoms with Gasteiger partial charge in [0.15, 0.2) is 0 Å². The van der Waals surface area contributed by atoms with Gasteiger partial charge in [0.05, 0.1) is 6.61 Å². The maximum absolute atomic E-state index is 5.24. The van der Waals surface area contributed by atoms with Gasteiger partial charge in [-0.05, 0) is 36.9 Å². The lowest BCUT2D eigenvalue weighted by atomic mass is 9.98. The molecule has 1 aromatic heterocycles. The highest BCUT2D eigenvalue weighted by atomic mass is 16.5. The predicted molar refractivity (Wildman–Crippen MR) is 64.1 cm³/mol. The van der Waals surface area contributed by atoms with Gasteiger partial charge in [0, 0.05) is 32.6 Å². The van der Waals surface area contributed by atoms with Crippen molar-refractivity contribution in [3.05, 3.63) is 30.1 Å². The SMILES string of the molecule is COC[C@@H]1CCCN(Cc2cccnc2)C1. The largest absolute Gasteiger partial charge is 0.384 e. The van der Waals surface area contributed by atoms with Crippen LogP contribution in [0, 0.1) is 5.92 Å². The summed E-state index contributed by atoms with van der Waals surface area (Å²) in [6, 6.07) is 4.15. The summed E-state index contributed by atoms with van der Waals surface area (Å²) in [5, 5.41) is 0. The smallest absolute Gasteiger partial charge is 0.0502 e. The maximum Gasteiger partial charge on any atom is 0.0502 e. The fourth-order valence-corrected chi connectivity index (χ4v) is 2.42. The van der Waals surface area contributed by atoms with E-state index in [2.05, 4.69) is 16.0 Å². The first-order valence-corrected chi connectivity index (χ1v) is 5.98. The van der Waals surface area contributed by atoms with Crippen LogP contribution in [0.25, 0.3) is 0 Å². The molecule has 2 heterocycles. The van der Waals surface area contributed by atoms with E-state index in [4.69, 9.17) is 4.74 Å². The van der Waals surface area contributed by atoms with Gasteiger partial charge in [-0.3, -0.25) is 9.88 Å². The second-order valence-corrected chi connectivity index (χ2v) is 4.56. The third kappa shape index (κ3) is 3.29. The highest BCUT2D eigenvalue weighted by Gasteiger charge is 2.19. The van der Waals surface area contributed by atoms with Crippen molar-refractivity contribution in [2.24, 2.45) is 5.92 Å². The molecular weight excluding hydrogens is 200 g/mol. The molecule has 1 saturated heterocycles. The highest BCUT2D eigenvalue weighted by molar-refractivity contribution is 5.08. The minimum Gasteiger partial charge on any atom is -0.384 e. The van der Waals surface area contributed by atoms with Gasteiger partial charge in [-0.25, -0.2) is 0 Å². The zero-order valence-corrected chi connectivity index (χ0v) is 9.93. The lowest BCUT2D eigenvalue weighted by molar-refractivity contribution is 0.0873. The predicted octanol–water partition coefficient (Wildman–Crippen LogP) is 1.94. The molecule has 1 aromatic rings. The molecule has 2 rings (SSSR count). The van der Waals surface area contributed by atoms with Crippen LogP contribution < -0.4 is 0 Å². The molecular formula is C13H20N2O. The number of aromatic nitrogens is 1. The second kappa shape index (κ2) is 5.97. The number of pyridine rings is 1. The molecule has 88 valence electrons. The zero-order chi connectivity index (χ0) is 11.2. The summed E-state index contributed by atoms with van der Waals surface area (Å²) in [4.78, 5) is 6.66. The van der Waals surface area contributed by atoms with E-state index in [0.29, 0.717) is 5.92 Å². The Morgan fingerprint density at radius 2 is 2.50 bits per heavy atom. The topological polar surface area (TPSA) is 25.4 Å². The lowest BCUT2D eigenvalue weighted by Crippen LogP contribution is -2.36. The standard InChI is InChI=1S/C13H20N2O/c1-16-11-13-5-3-7-15(10-13)9-12-4-2-6-14-8-12/h2,4,6,8,13H,3,5,7,9-11H2,1H3/t13-/m1/s1. The Hall–Kier alpha value is -0.930. The van der Waals surface area contributed by atoms with E-state index >= 15 is 0 Å². The van der Waals surface area contributed by atoms with Crippen LogP contribution in [0.4, 0.5) is 0 Å². The van der Waals surface area contributed by atoms with Crippen LogP contribution in [0.5, 0.6) is 0 Å². The van der Waals surface area contributed by atoms with Gasteiger partial charge >= 0.3 is 0 Å². The number of ether oxygens (including phenoxy) is 1. The third-order valence-corrected chi connectivity index (χ3v) is 3.13. The van der Waals surface area contributed by atoms with Crippen molar-refractivity contribution >= 4 is 0 Å². The molecule has 0 amide bonds. The number of methoxy groups -OCH3 is 1. The van der Waals surface area contributed by atoms with E-state index in [1.165, 1.54) is 24.9 Å². The van der Waals surface area contributed by atoms with E-state index in [-0.39, 0.29) is 0 Å². The third-order valence-electron chi connectivity index (χ3n) is 3.13. The van der Waals surface area contributed by atoms with Gasteiger partial charge in [-0.1, -0.05) is 6.07 Å². The van der Waals surface area contributed by atoms with Gasteiger partial charge < -0.3 is 4.74 Å². The Labute approximate surface area is 97.4 Å². The molecule has 0 N–H and O–H groups in total. The molecule has 0 radical (unpaired) electrons. The average Bonchev–Trinajstić information content (AvgIpc) is 2.31. The Morgan fingerprint density at radius 3 is 3.25 bits per heavy atom. The number of nitrogens with zero attached hydrogens (tertiary/aromatic N) is 2. The average molecular weight is 220 g/mol. The number of likely N-dealkylation sites (tertiary alicyclic amines) is 1. The summed E-state index contributed by atoms with van der Waals surface area (Å²) in [5.74, 6) is 0.704. The Morgan fingerprint density at radius 1 is 1.56 bits per heavy atom. The van der Waals surface area contributed by atoms with Crippen LogP contribution in [0.1, 0.15) is 18.4 Å². The lowest BCUT2D eigenvalue weighted by Gasteiger charge is -2.32. The van der Waals surface area contributed by atoms with Crippen molar-refractivity contribution in [2.75, 3.05) is 26.8 Å². The van der Waals surface area contributed by atoms with Crippen LogP contribution in [0.2, 0.25) is 0 Å². The van der Waals surface area contributed by atoms with Crippen LogP contribution in [0.15, 0.2) is 24.5 Å². The minimum atomic E-state index is 0.704. The van der Waals surface area contributed by atoms with E-state index in [1.54, 1.807) is 7.11 Å². The zero-order valence-electron chi connectivity index (χ0n) is 9.93. The Balaban J connectivity index is 1.85. The highest BCUT2D eigenvalue weighted by Crippen LogP contribution is 2.18. The minimum absolute atomic E-state index is 0.704. The summed E-state index contributed by atoms with van der Waals surface area (Å²) in [5.41, 5.74) is 1.31. The van der Waals surface area contributed by atoms with E-state index in [1.807, 2.05) is 18.5 Å². The number of hydrogen-bond donors (Lipinski definition) is 0. The van der Waals surface area contributed by atoms with Gasteiger partial charge in [-0.15, -0.1) is 0 Å². The molecule has 0 aromatic carbocycles. The van der Waals surface area contributed by atoms with Crippen LogP contribution >= 0.6 is 0 Å². The molecule has 1 aliphatic heterocycles. The fraction of sp³-hybridized carbons (Fsp3) is 0.615. The first kappa shape index (κ1) is 11.6. The van der Waals surface area contributed by atoms with Gasteiger partial charge in [-0.2, -0.15) is 0 Å². The Bertz CT molecular complexity index is 300. The van der Waals surface area contributed by atoms with E-state index < -0.39 is 0 Å². The summed E-state index contributed by atoms with van der Waals surface area (Å²) in [7, 11) is 1.79. The maximum atomic E-state index is 5.24. The van der Waals surface area contributed by atoms with Crippen molar-refractivity contribution in [2.45, 2.75) is 19.4 Å². The van der Waals surface area contributed by atoms with Crippen molar-refractivity contribution in [3.8, 4) is 0 Å². The molecule has 0 spiro atoms. The van der Waals surface area contributed by atoms with Crippen molar-refractivity contribution in [1.82, 2.24) is 9.88 Å². The normalized spacial score (nSPS) is 22.2. The molecule has 3 nitrogen and oxygen atoms in total. The first-order valence-electron chi connectivity index (χ1n) is 5.98. The Kier molecular flexibility index (Phi) is 4.31. The number of rotatable bonds is 4. The molecule has 3 heteroatoms. The summed E-state index contributed by atoms with van der Waals surface area (Å²) in [6.07, 6.45) is 6.37. The van der Waals surface area contributed by atoms with Crippen LogP contribution in [-0.2, 0) is 11.3 Å². The van der Waals surface area contributed by atoms with Crippen LogP contribution in [-0.4, -0.2) is 36.7 Å². The molecule has 0 bridgehead atoms. The molecule has 1 aliphatic rings. The number of piperidine rings is 1. The molecule has 0 saturated carbocycles. The van der Waals surface area contributed by atoms with Gasteiger partial charge in [0.2, 0.25) is 0 Å². The fourth-order valence-electron chi connectivity index (χ4n) is 2.42.